The van der Waals surface area contributed by atoms with Crippen molar-refractivity contribution in [3.63, 3.8) is 0 Å². The number of aryl methyl sites for hydroxylation is 1. The zero-order chi connectivity index (χ0) is 27.0. The van der Waals surface area contributed by atoms with Crippen LogP contribution in [0.1, 0.15) is 37.6 Å². The maximum absolute atomic E-state index is 13.7. The summed E-state index contributed by atoms with van der Waals surface area (Å²) in [7, 11) is 1.67. The second-order valence-electron chi connectivity index (χ2n) is 9.93. The number of fused-ring (bicyclic) bond motifs is 1. The van der Waals surface area contributed by atoms with E-state index in [4.69, 9.17) is 4.74 Å². The Labute approximate surface area is 219 Å². The molecule has 5 rings (SSSR count). The maximum atomic E-state index is 13.7. The van der Waals surface area contributed by atoms with Crippen molar-refractivity contribution in [1.29, 1.82) is 5.26 Å². The number of anilines is 1. The van der Waals surface area contributed by atoms with Crippen LogP contribution in [0.2, 0.25) is 0 Å². The van der Waals surface area contributed by atoms with E-state index in [0.29, 0.717) is 48.3 Å². The van der Waals surface area contributed by atoms with E-state index in [1.807, 2.05) is 18.7 Å². The molecule has 38 heavy (non-hydrogen) atoms. The molecule has 0 N–H and O–H groups in total. The minimum Gasteiger partial charge on any atom is -0.464 e. The molecule has 2 aliphatic rings. The highest BCUT2D eigenvalue weighted by molar-refractivity contribution is 5.89. The second kappa shape index (κ2) is 9.95. The van der Waals surface area contributed by atoms with E-state index < -0.39 is 17.7 Å². The Morgan fingerprint density at radius 2 is 1.97 bits per heavy atom. The summed E-state index contributed by atoms with van der Waals surface area (Å²) in [6.07, 6.45) is 0.507. The monoisotopic (exact) mass is 517 g/mol. The Bertz CT molecular complexity index is 1510. The number of carbonyl (C=O) groups excluding carboxylic acids is 1. The largest absolute Gasteiger partial charge is 0.464 e. The molecule has 0 amide bonds. The first kappa shape index (κ1) is 25.5. The lowest BCUT2D eigenvalue weighted by molar-refractivity contribution is -0.151. The summed E-state index contributed by atoms with van der Waals surface area (Å²) in [5.74, 6) is -0.799. The van der Waals surface area contributed by atoms with Gasteiger partial charge in [-0.15, -0.1) is 0 Å². The van der Waals surface area contributed by atoms with Crippen molar-refractivity contribution >= 4 is 22.7 Å². The van der Waals surface area contributed by atoms with Gasteiger partial charge in [0, 0.05) is 45.2 Å². The van der Waals surface area contributed by atoms with Gasteiger partial charge in [-0.05, 0) is 43.7 Å². The molecule has 0 saturated carbocycles. The zero-order valence-corrected chi connectivity index (χ0v) is 21.5. The summed E-state index contributed by atoms with van der Waals surface area (Å²) in [6.45, 7) is 5.53. The molecule has 1 aromatic carbocycles. The number of carbonyl (C=O) groups is 1. The van der Waals surface area contributed by atoms with Crippen LogP contribution in [0.4, 0.5) is 10.1 Å². The molecule has 0 spiro atoms. The number of halogens is 1. The molecule has 2 aliphatic heterocycles. The van der Waals surface area contributed by atoms with Crippen LogP contribution in [0.15, 0.2) is 57.5 Å². The van der Waals surface area contributed by atoms with Gasteiger partial charge in [-0.3, -0.25) is 9.69 Å². The van der Waals surface area contributed by atoms with Gasteiger partial charge in [0.15, 0.2) is 5.66 Å². The summed E-state index contributed by atoms with van der Waals surface area (Å²) in [6, 6.07) is 12.0. The maximum Gasteiger partial charge on any atom is 0.328 e. The molecule has 2 unspecified atom stereocenters. The smallest absolute Gasteiger partial charge is 0.328 e. The fourth-order valence-electron chi connectivity index (χ4n) is 4.92. The number of hydrogen-bond acceptors (Lipinski definition) is 9. The molecule has 4 heterocycles. The van der Waals surface area contributed by atoms with Gasteiger partial charge in [0.25, 0.3) is 5.56 Å². The van der Waals surface area contributed by atoms with Crippen LogP contribution < -0.4 is 10.5 Å². The van der Waals surface area contributed by atoms with Crippen LogP contribution in [0.25, 0.3) is 11.0 Å². The first-order chi connectivity index (χ1) is 18.2. The summed E-state index contributed by atoms with van der Waals surface area (Å²) in [4.78, 5) is 34.6. The average Bonchev–Trinajstić information content (AvgIpc) is 3.64. The van der Waals surface area contributed by atoms with E-state index in [-0.39, 0.29) is 29.7 Å². The second-order valence-corrected chi connectivity index (χ2v) is 9.93. The predicted octanol–water partition coefficient (Wildman–Crippen LogP) is 3.31. The lowest BCUT2D eigenvalue weighted by Crippen LogP contribution is -2.54. The summed E-state index contributed by atoms with van der Waals surface area (Å²) in [5, 5.41) is 17.3. The number of aromatic nitrogens is 2. The normalized spacial score (nSPS) is 19.2. The third kappa shape index (κ3) is 4.99. The molecule has 3 aromatic rings. The Morgan fingerprint density at radius 1 is 1.24 bits per heavy atom. The molecule has 10 nitrogen and oxygen atoms in total. The average molecular weight is 518 g/mol. The van der Waals surface area contributed by atoms with Crippen LogP contribution in [0.3, 0.4) is 0 Å². The van der Waals surface area contributed by atoms with Crippen molar-refractivity contribution in [2.75, 3.05) is 31.1 Å². The molecule has 2 aromatic heterocycles. The SMILES string of the molecule is CC1CN(C(C(=O)OCCC2(C)N=N2)c2ccc(F)cc2)CCN1c1cc(=O)n(C)c2ccc(C#N)nc12. The molecule has 0 aliphatic carbocycles. The fraction of sp³-hybridized carbons (Fsp3) is 0.407. The topological polar surface area (TPSA) is 116 Å². The van der Waals surface area contributed by atoms with Crippen molar-refractivity contribution in [3.05, 3.63) is 69.9 Å². The van der Waals surface area contributed by atoms with Crippen molar-refractivity contribution < 1.29 is 13.9 Å². The van der Waals surface area contributed by atoms with Crippen molar-refractivity contribution in [3.8, 4) is 6.07 Å². The predicted molar refractivity (Wildman–Crippen MR) is 138 cm³/mol. The summed E-state index contributed by atoms with van der Waals surface area (Å²) < 4.78 is 20.8. The van der Waals surface area contributed by atoms with Gasteiger partial charge in [-0.25, -0.2) is 14.2 Å². The number of ether oxygens (including phenoxy) is 1. The lowest BCUT2D eigenvalue weighted by Gasteiger charge is -2.43. The van der Waals surface area contributed by atoms with E-state index in [0.717, 1.165) is 0 Å². The van der Waals surface area contributed by atoms with Crippen LogP contribution in [0.5, 0.6) is 0 Å². The fourth-order valence-corrected chi connectivity index (χ4v) is 4.92. The number of nitrogens with zero attached hydrogens (tertiary/aromatic N) is 7. The molecule has 1 saturated heterocycles. The van der Waals surface area contributed by atoms with Gasteiger partial charge in [0.2, 0.25) is 0 Å². The van der Waals surface area contributed by atoms with Crippen LogP contribution in [0, 0.1) is 17.1 Å². The molecule has 196 valence electrons. The number of benzene rings is 1. The third-order valence-corrected chi connectivity index (χ3v) is 7.19. The van der Waals surface area contributed by atoms with Gasteiger partial charge in [-0.2, -0.15) is 15.5 Å². The van der Waals surface area contributed by atoms with Gasteiger partial charge >= 0.3 is 5.97 Å². The zero-order valence-electron chi connectivity index (χ0n) is 21.5. The van der Waals surface area contributed by atoms with E-state index in [2.05, 4.69) is 26.2 Å². The molecule has 0 radical (unpaired) electrons. The Kier molecular flexibility index (Phi) is 6.67. The number of piperazine rings is 1. The molecule has 2 atom stereocenters. The highest BCUT2D eigenvalue weighted by Crippen LogP contribution is 2.33. The lowest BCUT2D eigenvalue weighted by atomic mass is 10.0. The highest BCUT2D eigenvalue weighted by Gasteiger charge is 2.37. The first-order valence-electron chi connectivity index (χ1n) is 12.5. The van der Waals surface area contributed by atoms with Crippen molar-refractivity contribution in [1.82, 2.24) is 14.5 Å². The number of nitriles is 1. The Balaban J connectivity index is 1.41. The quantitative estimate of drug-likeness (QED) is 0.442. The van der Waals surface area contributed by atoms with E-state index in [1.165, 1.54) is 16.7 Å². The minimum atomic E-state index is -0.718. The molecule has 11 heteroatoms. The van der Waals surface area contributed by atoms with Gasteiger partial charge in [0.05, 0.1) is 17.8 Å². The minimum absolute atomic E-state index is 0.106. The van der Waals surface area contributed by atoms with E-state index >= 15 is 0 Å². The number of hydrogen-bond donors (Lipinski definition) is 0. The van der Waals surface area contributed by atoms with Crippen molar-refractivity contribution in [2.24, 2.45) is 17.3 Å². The first-order valence-corrected chi connectivity index (χ1v) is 12.5. The molecule has 1 fully saturated rings. The standard InChI is InChI=1S/C27H28FN7O3/c1-17-16-34(25(18-4-6-19(28)7-5-18)26(37)38-13-10-27(2)31-32-27)11-12-35(17)22-14-23(36)33(3)21-9-8-20(15-29)30-24(21)22/h4-9,14,17,25H,10-13,16H2,1-3H3. The van der Waals surface area contributed by atoms with Crippen LogP contribution >= 0.6 is 0 Å². The molecule has 0 bridgehead atoms. The number of pyridine rings is 2. The van der Waals surface area contributed by atoms with Gasteiger partial charge in [-0.1, -0.05) is 12.1 Å². The highest BCUT2D eigenvalue weighted by atomic mass is 19.1. The van der Waals surface area contributed by atoms with E-state index in [9.17, 15) is 19.2 Å². The third-order valence-electron chi connectivity index (χ3n) is 7.19. The summed E-state index contributed by atoms with van der Waals surface area (Å²) in [5.41, 5.74) is 2.12. The summed E-state index contributed by atoms with van der Waals surface area (Å²) >= 11 is 0. The van der Waals surface area contributed by atoms with Gasteiger partial charge in [0.1, 0.15) is 29.1 Å². The van der Waals surface area contributed by atoms with Crippen molar-refractivity contribution in [2.45, 2.75) is 38.0 Å². The molecular formula is C27H28FN7O3. The molecular weight excluding hydrogens is 489 g/mol. The van der Waals surface area contributed by atoms with Crippen LogP contribution in [-0.4, -0.2) is 58.4 Å². The number of esters is 1. The van der Waals surface area contributed by atoms with E-state index in [1.54, 1.807) is 37.4 Å². The van der Waals surface area contributed by atoms with Crippen LogP contribution in [-0.2, 0) is 16.6 Å². The Hall–Kier alpha value is -4.17. The van der Waals surface area contributed by atoms with Gasteiger partial charge < -0.3 is 14.2 Å². The number of rotatable bonds is 7. The Morgan fingerprint density at radius 3 is 2.63 bits per heavy atom.